The van der Waals surface area contributed by atoms with Gasteiger partial charge < -0.3 is 9.73 Å². The van der Waals surface area contributed by atoms with E-state index in [1.165, 1.54) is 12.0 Å². The predicted molar refractivity (Wildman–Crippen MR) is 63.5 cm³/mol. The minimum atomic E-state index is 0.257. The summed E-state index contributed by atoms with van der Waals surface area (Å²) in [6, 6.07) is 10.4. The maximum absolute atomic E-state index is 5.69. The molecule has 0 radical (unpaired) electrons. The zero-order chi connectivity index (χ0) is 11.5. The zero-order valence-electron chi connectivity index (χ0n) is 9.60. The molecule has 1 atom stereocenters. The second kappa shape index (κ2) is 4.67. The molecular formula is C13H15N3O. The Morgan fingerprint density at radius 2 is 2.12 bits per heavy atom. The van der Waals surface area contributed by atoms with Crippen molar-refractivity contribution in [3.05, 3.63) is 47.7 Å². The van der Waals surface area contributed by atoms with Gasteiger partial charge >= 0.3 is 0 Å². The van der Waals surface area contributed by atoms with Gasteiger partial charge in [-0.3, -0.25) is 0 Å². The van der Waals surface area contributed by atoms with Gasteiger partial charge in [-0.15, -0.1) is 10.2 Å². The normalized spacial score (nSPS) is 19.6. The third-order valence-electron chi connectivity index (χ3n) is 3.04. The maximum Gasteiger partial charge on any atom is 0.233 e. The Hall–Kier alpha value is -1.68. The molecule has 0 saturated carbocycles. The number of aromatic nitrogens is 2. The molecule has 88 valence electrons. The molecule has 1 fully saturated rings. The van der Waals surface area contributed by atoms with Crippen LogP contribution in [0.1, 0.15) is 36.2 Å². The van der Waals surface area contributed by atoms with Crippen LogP contribution in [0, 0.1) is 0 Å². The molecule has 1 aromatic carbocycles. The van der Waals surface area contributed by atoms with Gasteiger partial charge in [-0.25, -0.2) is 0 Å². The minimum absolute atomic E-state index is 0.257. The highest BCUT2D eigenvalue weighted by molar-refractivity contribution is 5.17. The number of nitrogens with zero attached hydrogens (tertiary/aromatic N) is 2. The first-order valence-electron chi connectivity index (χ1n) is 6.01. The molecule has 2 heterocycles. The van der Waals surface area contributed by atoms with Crippen molar-refractivity contribution in [1.82, 2.24) is 15.5 Å². The molecule has 4 heteroatoms. The molecule has 1 N–H and O–H groups in total. The number of rotatable bonds is 3. The average molecular weight is 229 g/mol. The van der Waals surface area contributed by atoms with Gasteiger partial charge in [-0.05, 0) is 24.9 Å². The fourth-order valence-corrected chi connectivity index (χ4v) is 2.14. The van der Waals surface area contributed by atoms with Crippen molar-refractivity contribution in [2.24, 2.45) is 0 Å². The lowest BCUT2D eigenvalue weighted by atomic mass is 10.1. The Kier molecular flexibility index (Phi) is 2.88. The van der Waals surface area contributed by atoms with Crippen LogP contribution in [0.5, 0.6) is 0 Å². The van der Waals surface area contributed by atoms with Gasteiger partial charge in [0.1, 0.15) is 0 Å². The summed E-state index contributed by atoms with van der Waals surface area (Å²) in [6.45, 7) is 1.04. The Bertz CT molecular complexity index is 474. The van der Waals surface area contributed by atoms with E-state index in [1.807, 2.05) is 18.2 Å². The fraction of sp³-hybridized carbons (Fsp3) is 0.385. The lowest BCUT2D eigenvalue weighted by Gasteiger charge is -2.02. The van der Waals surface area contributed by atoms with E-state index in [2.05, 4.69) is 27.6 Å². The summed E-state index contributed by atoms with van der Waals surface area (Å²) in [6.07, 6.45) is 2.98. The van der Waals surface area contributed by atoms with E-state index in [-0.39, 0.29) is 6.04 Å². The Morgan fingerprint density at radius 1 is 1.24 bits per heavy atom. The first kappa shape index (κ1) is 10.5. The summed E-state index contributed by atoms with van der Waals surface area (Å²) in [5.74, 6) is 1.42. The molecule has 0 spiro atoms. The van der Waals surface area contributed by atoms with E-state index >= 15 is 0 Å². The average Bonchev–Trinajstić information content (AvgIpc) is 3.00. The number of benzene rings is 1. The van der Waals surface area contributed by atoms with E-state index in [0.29, 0.717) is 12.3 Å². The van der Waals surface area contributed by atoms with Crippen LogP contribution < -0.4 is 5.32 Å². The van der Waals surface area contributed by atoms with E-state index in [1.54, 1.807) is 0 Å². The van der Waals surface area contributed by atoms with Crippen molar-refractivity contribution < 1.29 is 4.42 Å². The highest BCUT2D eigenvalue weighted by atomic mass is 16.4. The monoisotopic (exact) mass is 229 g/mol. The lowest BCUT2D eigenvalue weighted by molar-refractivity contribution is 0.407. The van der Waals surface area contributed by atoms with Gasteiger partial charge in [0.2, 0.25) is 11.8 Å². The Morgan fingerprint density at radius 3 is 2.88 bits per heavy atom. The third kappa shape index (κ3) is 2.36. The van der Waals surface area contributed by atoms with Gasteiger partial charge in [0, 0.05) is 0 Å². The molecule has 1 saturated heterocycles. The number of nitrogens with one attached hydrogen (secondary N) is 1. The van der Waals surface area contributed by atoms with Crippen molar-refractivity contribution in [2.45, 2.75) is 25.3 Å². The van der Waals surface area contributed by atoms with Gasteiger partial charge in [0.25, 0.3) is 0 Å². The van der Waals surface area contributed by atoms with Crippen molar-refractivity contribution in [3.8, 4) is 0 Å². The molecule has 0 amide bonds. The van der Waals surface area contributed by atoms with Crippen LogP contribution in [0.3, 0.4) is 0 Å². The molecule has 1 aromatic heterocycles. The van der Waals surface area contributed by atoms with Crippen LogP contribution in [-0.2, 0) is 6.42 Å². The predicted octanol–water partition coefficient (Wildman–Crippen LogP) is 2.08. The minimum Gasteiger partial charge on any atom is -0.423 e. The van der Waals surface area contributed by atoms with Crippen LogP contribution in [0.25, 0.3) is 0 Å². The van der Waals surface area contributed by atoms with Crippen LogP contribution in [-0.4, -0.2) is 16.7 Å². The second-order valence-electron chi connectivity index (χ2n) is 4.35. The molecule has 4 nitrogen and oxygen atoms in total. The molecular weight excluding hydrogens is 214 g/mol. The summed E-state index contributed by atoms with van der Waals surface area (Å²) in [5.41, 5.74) is 1.20. The molecule has 0 unspecified atom stereocenters. The van der Waals surface area contributed by atoms with Crippen molar-refractivity contribution >= 4 is 0 Å². The van der Waals surface area contributed by atoms with Crippen LogP contribution in [0.2, 0.25) is 0 Å². The number of hydrogen-bond acceptors (Lipinski definition) is 4. The lowest BCUT2D eigenvalue weighted by Crippen LogP contribution is -2.12. The topological polar surface area (TPSA) is 51.0 Å². The largest absolute Gasteiger partial charge is 0.423 e. The van der Waals surface area contributed by atoms with Crippen LogP contribution in [0.4, 0.5) is 0 Å². The first-order valence-corrected chi connectivity index (χ1v) is 6.01. The summed E-state index contributed by atoms with van der Waals surface area (Å²) in [4.78, 5) is 0. The van der Waals surface area contributed by atoms with Gasteiger partial charge in [0.15, 0.2) is 0 Å². The van der Waals surface area contributed by atoms with E-state index in [9.17, 15) is 0 Å². The van der Waals surface area contributed by atoms with E-state index < -0.39 is 0 Å². The van der Waals surface area contributed by atoms with Crippen molar-refractivity contribution in [3.63, 3.8) is 0 Å². The highest BCUT2D eigenvalue weighted by Gasteiger charge is 2.21. The second-order valence-corrected chi connectivity index (χ2v) is 4.35. The molecule has 17 heavy (non-hydrogen) atoms. The highest BCUT2D eigenvalue weighted by Crippen LogP contribution is 2.22. The van der Waals surface area contributed by atoms with Crippen molar-refractivity contribution in [1.29, 1.82) is 0 Å². The molecule has 0 bridgehead atoms. The van der Waals surface area contributed by atoms with Gasteiger partial charge in [-0.2, -0.15) is 0 Å². The van der Waals surface area contributed by atoms with Crippen LogP contribution >= 0.6 is 0 Å². The van der Waals surface area contributed by atoms with Crippen LogP contribution in [0.15, 0.2) is 34.7 Å². The summed E-state index contributed by atoms with van der Waals surface area (Å²) in [5, 5.41) is 11.6. The SMILES string of the molecule is c1ccc(Cc2nnc([C@@H]3CCCN3)o2)cc1. The van der Waals surface area contributed by atoms with E-state index in [4.69, 9.17) is 4.42 Å². The van der Waals surface area contributed by atoms with Gasteiger partial charge in [0.05, 0.1) is 12.5 Å². The summed E-state index contributed by atoms with van der Waals surface area (Å²) >= 11 is 0. The summed E-state index contributed by atoms with van der Waals surface area (Å²) in [7, 11) is 0. The zero-order valence-corrected chi connectivity index (χ0v) is 9.60. The molecule has 2 aromatic rings. The maximum atomic E-state index is 5.69. The molecule has 3 rings (SSSR count). The fourth-order valence-electron chi connectivity index (χ4n) is 2.14. The first-order chi connectivity index (χ1) is 8.42. The van der Waals surface area contributed by atoms with Gasteiger partial charge in [-0.1, -0.05) is 30.3 Å². The molecule has 0 aliphatic carbocycles. The third-order valence-corrected chi connectivity index (χ3v) is 3.04. The molecule has 1 aliphatic heterocycles. The van der Waals surface area contributed by atoms with Crippen molar-refractivity contribution in [2.75, 3.05) is 6.54 Å². The summed E-state index contributed by atoms with van der Waals surface area (Å²) < 4.78 is 5.69. The smallest absolute Gasteiger partial charge is 0.233 e. The molecule has 1 aliphatic rings. The van der Waals surface area contributed by atoms with E-state index in [0.717, 1.165) is 18.9 Å². The quantitative estimate of drug-likeness (QED) is 0.875. The Balaban J connectivity index is 1.72. The Labute approximate surface area is 100 Å². The standard InChI is InChI=1S/C13H15N3O/c1-2-5-10(6-3-1)9-12-15-16-13(17-12)11-7-4-8-14-11/h1-3,5-6,11,14H,4,7-9H2/t11-/m0/s1. The number of hydrogen-bond donors (Lipinski definition) is 1.